The third-order valence-corrected chi connectivity index (χ3v) is 0.898. The molecule has 0 aliphatic carbocycles. The van der Waals surface area contributed by atoms with Crippen molar-refractivity contribution in [3.63, 3.8) is 0 Å². The summed E-state index contributed by atoms with van der Waals surface area (Å²) in [5.74, 6) is 0. The fraction of sp³-hybridized carbons (Fsp3) is 0.333. The molecule has 1 radical (unpaired) electrons. The first-order chi connectivity index (χ1) is 4.50. The number of halogens is 4. The van der Waals surface area contributed by atoms with Crippen molar-refractivity contribution in [2.45, 2.75) is 6.30 Å². The van der Waals surface area contributed by atoms with E-state index in [1.807, 2.05) is 0 Å². The highest BCUT2D eigenvalue weighted by molar-refractivity contribution is 6.29. The molecule has 0 aromatic carbocycles. The first-order valence-corrected chi connectivity index (χ1v) is 2.53. The van der Waals surface area contributed by atoms with Crippen LogP contribution in [0.3, 0.4) is 0 Å². The van der Waals surface area contributed by atoms with Crippen LogP contribution in [0.25, 0.3) is 0 Å². The lowest BCUT2D eigenvalue weighted by atomic mass is 10.8. The second-order valence-corrected chi connectivity index (χ2v) is 1.84. The molecule has 7 heteroatoms. The molecule has 0 unspecified atom stereocenters. The molecule has 0 spiro atoms. The van der Waals surface area contributed by atoms with Gasteiger partial charge in [-0.3, -0.25) is 0 Å². The maximum Gasteiger partial charge on any atom is 0.587 e. The van der Waals surface area contributed by atoms with E-state index in [1.165, 1.54) is 0 Å². The van der Waals surface area contributed by atoms with Gasteiger partial charge in [0, 0.05) is 0 Å². The molecule has 0 saturated carbocycles. The topological polar surface area (TPSA) is 29.7 Å². The molecule has 0 amide bonds. The number of nitrogens with zero attached hydrogens (tertiary/aromatic N) is 3. The molecule has 1 aliphatic heterocycles. The lowest BCUT2D eigenvalue weighted by Gasteiger charge is -2.01. The maximum atomic E-state index is 11.6. The molecule has 0 atom stereocenters. The van der Waals surface area contributed by atoms with Gasteiger partial charge in [-0.15, -0.1) is 13.2 Å². The van der Waals surface area contributed by atoms with Crippen molar-refractivity contribution in [3.8, 4) is 0 Å². The van der Waals surface area contributed by atoms with Crippen LogP contribution in [0, 0.1) is 0 Å². The van der Waals surface area contributed by atoms with E-state index in [2.05, 4.69) is 10.3 Å². The average Bonchev–Trinajstić information content (AvgIpc) is 2.11. The fourth-order valence-electron chi connectivity index (χ4n) is 0.367. The van der Waals surface area contributed by atoms with Gasteiger partial charge in [0.05, 0.1) is 5.11 Å². The van der Waals surface area contributed by atoms with E-state index in [1.54, 1.807) is 0 Å². The van der Waals surface area contributed by atoms with Crippen LogP contribution in [-0.4, -0.2) is 11.3 Å². The zero-order chi connectivity index (χ0) is 7.78. The van der Waals surface area contributed by atoms with Crippen molar-refractivity contribution in [2.24, 2.45) is 5.22 Å². The molecule has 0 fully saturated rings. The van der Waals surface area contributed by atoms with E-state index >= 15 is 0 Å². The smallest absolute Gasteiger partial charge is 0.127 e. The van der Waals surface area contributed by atoms with Crippen molar-refractivity contribution in [1.82, 2.24) is 10.1 Å². The Morgan fingerprint density at radius 2 is 2.20 bits per heavy atom. The monoisotopic (exact) mass is 171 g/mol. The van der Waals surface area contributed by atoms with Crippen LogP contribution in [-0.2, 0) is 0 Å². The van der Waals surface area contributed by atoms with E-state index in [-0.39, 0.29) is 10.2 Å². The van der Waals surface area contributed by atoms with Gasteiger partial charge < -0.3 is 0 Å². The number of hydrogen-bond acceptors (Lipinski definition) is 3. The SMILES string of the molecule is FC(F)(F)N1C=C(Cl)[N+]=N1. The first kappa shape index (κ1) is 7.33. The minimum Gasteiger partial charge on any atom is -0.127 e. The summed E-state index contributed by atoms with van der Waals surface area (Å²) in [5, 5.41) is 5.09. The van der Waals surface area contributed by atoms with Gasteiger partial charge in [0.1, 0.15) is 5.22 Å². The Balaban J connectivity index is 2.72. The first-order valence-electron chi connectivity index (χ1n) is 2.15. The van der Waals surface area contributed by atoms with E-state index in [0.717, 1.165) is 0 Å². The Morgan fingerprint density at radius 3 is 2.40 bits per heavy atom. The van der Waals surface area contributed by atoms with E-state index in [9.17, 15) is 13.2 Å². The highest BCUT2D eigenvalue weighted by Crippen LogP contribution is 2.25. The molecular formula is C3HClF3N3+. The highest BCUT2D eigenvalue weighted by atomic mass is 35.5. The molecule has 1 heterocycles. The molecule has 10 heavy (non-hydrogen) atoms. The minimum atomic E-state index is -4.53. The Bertz CT molecular complexity index is 196. The van der Waals surface area contributed by atoms with Crippen LogP contribution in [0.2, 0.25) is 0 Å². The maximum absolute atomic E-state index is 11.6. The third-order valence-electron chi connectivity index (χ3n) is 0.725. The van der Waals surface area contributed by atoms with Gasteiger partial charge in [-0.1, -0.05) is 0 Å². The van der Waals surface area contributed by atoms with Gasteiger partial charge in [-0.05, 0) is 16.6 Å². The standard InChI is InChI=1S/C3HClF3N3/c4-2-1-10(9-8-2)3(5,6)7/h1H/q+1. The van der Waals surface area contributed by atoms with Crippen LogP contribution >= 0.6 is 11.6 Å². The minimum absolute atomic E-state index is 0.269. The molecule has 3 nitrogen and oxygen atoms in total. The van der Waals surface area contributed by atoms with Crippen molar-refractivity contribution in [2.75, 3.05) is 0 Å². The summed E-state index contributed by atoms with van der Waals surface area (Å²) in [6.07, 6.45) is -3.94. The largest absolute Gasteiger partial charge is 0.587 e. The Morgan fingerprint density at radius 1 is 1.60 bits per heavy atom. The lowest BCUT2D eigenvalue weighted by molar-refractivity contribution is -0.228. The highest BCUT2D eigenvalue weighted by Gasteiger charge is 2.47. The summed E-state index contributed by atoms with van der Waals surface area (Å²) in [6, 6.07) is 0. The Labute approximate surface area is 58.8 Å². The van der Waals surface area contributed by atoms with Gasteiger partial charge in [0.2, 0.25) is 0 Å². The van der Waals surface area contributed by atoms with Crippen LogP contribution in [0.5, 0.6) is 0 Å². The van der Waals surface area contributed by atoms with Gasteiger partial charge in [-0.2, -0.15) is 0 Å². The Kier molecular flexibility index (Phi) is 1.55. The number of rotatable bonds is 0. The van der Waals surface area contributed by atoms with E-state index in [4.69, 9.17) is 11.6 Å². The second-order valence-electron chi connectivity index (χ2n) is 1.45. The lowest BCUT2D eigenvalue weighted by Crippen LogP contribution is -2.26. The molecule has 0 bridgehead atoms. The summed E-state index contributed by atoms with van der Waals surface area (Å²) < 4.78 is 34.8. The molecular weight excluding hydrogens is 171 g/mol. The van der Waals surface area contributed by atoms with Gasteiger partial charge >= 0.3 is 11.5 Å². The van der Waals surface area contributed by atoms with Crippen LogP contribution < -0.4 is 5.11 Å². The fourth-order valence-corrected chi connectivity index (χ4v) is 0.494. The van der Waals surface area contributed by atoms with E-state index < -0.39 is 6.30 Å². The van der Waals surface area contributed by atoms with Crippen LogP contribution in [0.1, 0.15) is 0 Å². The summed E-state index contributed by atoms with van der Waals surface area (Å²) in [5.41, 5.74) is 0. The molecule has 0 N–H and O–H groups in total. The zero-order valence-corrected chi connectivity index (χ0v) is 5.19. The summed E-state index contributed by atoms with van der Waals surface area (Å²) in [7, 11) is 0. The summed E-state index contributed by atoms with van der Waals surface area (Å²) in [4.78, 5) is 0. The average molecular weight is 172 g/mol. The molecule has 55 valence electrons. The quantitative estimate of drug-likeness (QED) is 0.509. The van der Waals surface area contributed by atoms with Gasteiger partial charge in [-0.25, -0.2) is 0 Å². The molecule has 0 aromatic heterocycles. The summed E-state index contributed by atoms with van der Waals surface area (Å²) >= 11 is 5.07. The van der Waals surface area contributed by atoms with Crippen LogP contribution in [0.15, 0.2) is 16.6 Å². The van der Waals surface area contributed by atoms with Crippen LogP contribution in [0.4, 0.5) is 13.2 Å². The van der Waals surface area contributed by atoms with Crippen molar-refractivity contribution in [3.05, 3.63) is 11.4 Å². The normalized spacial score (nSPS) is 18.0. The summed E-state index contributed by atoms with van der Waals surface area (Å²) in [6.45, 7) is 0. The molecule has 1 aliphatic rings. The third kappa shape index (κ3) is 1.38. The molecule has 0 aromatic rings. The van der Waals surface area contributed by atoms with Crippen molar-refractivity contribution in [1.29, 1.82) is 0 Å². The van der Waals surface area contributed by atoms with Gasteiger partial charge in [0.15, 0.2) is 6.20 Å². The van der Waals surface area contributed by atoms with Gasteiger partial charge in [0.25, 0.3) is 0 Å². The predicted molar refractivity (Wildman–Crippen MR) is 26.4 cm³/mol. The van der Waals surface area contributed by atoms with Crippen molar-refractivity contribution >= 4 is 11.6 Å². The Hall–Kier alpha value is -0.780. The predicted octanol–water partition coefficient (Wildman–Crippen LogP) is 1.56. The second kappa shape index (κ2) is 2.12. The zero-order valence-electron chi connectivity index (χ0n) is 4.43. The number of alkyl halides is 3. The molecule has 0 saturated heterocycles. The number of hydrogen-bond donors (Lipinski definition) is 0. The molecule has 1 rings (SSSR count). The van der Waals surface area contributed by atoms with Crippen molar-refractivity contribution < 1.29 is 13.2 Å². The van der Waals surface area contributed by atoms with E-state index in [0.29, 0.717) is 6.20 Å².